The minimum atomic E-state index is -1.84. The molecule has 1 aliphatic heterocycles. The fourth-order valence-corrected chi connectivity index (χ4v) is 2.91. The van der Waals surface area contributed by atoms with Crippen LogP contribution in [0.2, 0.25) is 18.1 Å². The molecule has 0 spiro atoms. The Morgan fingerprint density at radius 1 is 1.14 bits per heavy atom. The highest BCUT2D eigenvalue weighted by atomic mass is 28.4. The van der Waals surface area contributed by atoms with Crippen LogP contribution in [0, 0.1) is 0 Å². The Labute approximate surface area is 129 Å². The molecular weight excluding hydrogens is 288 g/mol. The zero-order valence-corrected chi connectivity index (χ0v) is 15.6. The standard InChI is InChI=1S/C15H30O5Si/c1-11(16)17-9-12-13(20-15(5,6)19-12)10-18-21(7,8)14(2,3)4/h12-13H,9-10H2,1-8H3/t12-,13-/m1/s1. The van der Waals surface area contributed by atoms with E-state index in [0.717, 1.165) is 0 Å². The third kappa shape index (κ3) is 5.36. The first-order valence-electron chi connectivity index (χ1n) is 7.47. The molecule has 6 heteroatoms. The molecule has 0 N–H and O–H groups in total. The summed E-state index contributed by atoms with van der Waals surface area (Å²) < 4.78 is 22.9. The molecule has 1 rings (SSSR count). The molecule has 1 aliphatic rings. The van der Waals surface area contributed by atoms with Gasteiger partial charge >= 0.3 is 5.97 Å². The van der Waals surface area contributed by atoms with Crippen LogP contribution in [0.25, 0.3) is 0 Å². The Balaban J connectivity index is 2.64. The average Bonchev–Trinajstić information content (AvgIpc) is 2.57. The van der Waals surface area contributed by atoms with Crippen molar-refractivity contribution in [3.8, 4) is 0 Å². The van der Waals surface area contributed by atoms with Crippen LogP contribution in [0.4, 0.5) is 0 Å². The SMILES string of the molecule is CC(=O)OC[C@H]1OC(C)(C)O[C@@H]1CO[Si](C)(C)C(C)(C)C. The minimum Gasteiger partial charge on any atom is -0.463 e. The number of esters is 1. The predicted molar refractivity (Wildman–Crippen MR) is 83.6 cm³/mol. The van der Waals surface area contributed by atoms with Crippen molar-refractivity contribution in [1.29, 1.82) is 0 Å². The monoisotopic (exact) mass is 318 g/mol. The maximum atomic E-state index is 11.0. The van der Waals surface area contributed by atoms with E-state index in [1.54, 1.807) is 0 Å². The molecule has 21 heavy (non-hydrogen) atoms. The normalized spacial score (nSPS) is 25.9. The second-order valence-electron chi connectivity index (χ2n) is 7.59. The third-order valence-electron chi connectivity index (χ3n) is 4.15. The Morgan fingerprint density at radius 3 is 2.05 bits per heavy atom. The summed E-state index contributed by atoms with van der Waals surface area (Å²) in [5, 5.41) is 0.146. The quantitative estimate of drug-likeness (QED) is 0.576. The molecule has 0 aromatic rings. The molecular formula is C15H30O5Si. The molecule has 2 atom stereocenters. The van der Waals surface area contributed by atoms with Crippen LogP contribution in [-0.2, 0) is 23.4 Å². The molecule has 0 radical (unpaired) electrons. The van der Waals surface area contributed by atoms with Gasteiger partial charge in [0.2, 0.25) is 0 Å². The number of carbonyl (C=O) groups excluding carboxylic acids is 1. The van der Waals surface area contributed by atoms with E-state index in [1.165, 1.54) is 6.92 Å². The smallest absolute Gasteiger partial charge is 0.302 e. The van der Waals surface area contributed by atoms with Gasteiger partial charge in [-0.25, -0.2) is 0 Å². The van der Waals surface area contributed by atoms with E-state index in [9.17, 15) is 4.79 Å². The lowest BCUT2D eigenvalue weighted by Gasteiger charge is -2.37. The van der Waals surface area contributed by atoms with Crippen molar-refractivity contribution < 1.29 is 23.4 Å². The number of hydrogen-bond acceptors (Lipinski definition) is 5. The van der Waals surface area contributed by atoms with Crippen LogP contribution in [0.5, 0.6) is 0 Å². The molecule has 1 fully saturated rings. The van der Waals surface area contributed by atoms with Crippen molar-refractivity contribution in [3.63, 3.8) is 0 Å². The highest BCUT2D eigenvalue weighted by Gasteiger charge is 2.44. The van der Waals surface area contributed by atoms with Gasteiger partial charge in [-0.3, -0.25) is 4.79 Å². The largest absolute Gasteiger partial charge is 0.463 e. The molecule has 0 bridgehead atoms. The highest BCUT2D eigenvalue weighted by molar-refractivity contribution is 6.74. The topological polar surface area (TPSA) is 54.0 Å². The van der Waals surface area contributed by atoms with E-state index in [0.29, 0.717) is 6.61 Å². The zero-order valence-electron chi connectivity index (χ0n) is 14.6. The van der Waals surface area contributed by atoms with Crippen LogP contribution in [-0.4, -0.2) is 45.5 Å². The van der Waals surface area contributed by atoms with Crippen LogP contribution < -0.4 is 0 Å². The van der Waals surface area contributed by atoms with E-state index in [2.05, 4.69) is 33.9 Å². The van der Waals surface area contributed by atoms with Gasteiger partial charge in [0.15, 0.2) is 14.1 Å². The van der Waals surface area contributed by atoms with Crippen LogP contribution in [0.3, 0.4) is 0 Å². The van der Waals surface area contributed by atoms with E-state index in [-0.39, 0.29) is 29.8 Å². The third-order valence-corrected chi connectivity index (χ3v) is 8.65. The first-order chi connectivity index (χ1) is 9.34. The summed E-state index contributed by atoms with van der Waals surface area (Å²) in [7, 11) is -1.84. The van der Waals surface area contributed by atoms with Gasteiger partial charge in [-0.2, -0.15) is 0 Å². The fourth-order valence-electron chi connectivity index (χ4n) is 1.90. The van der Waals surface area contributed by atoms with Crippen molar-refractivity contribution in [3.05, 3.63) is 0 Å². The van der Waals surface area contributed by atoms with Gasteiger partial charge in [0, 0.05) is 6.92 Å². The van der Waals surface area contributed by atoms with Crippen molar-refractivity contribution in [2.75, 3.05) is 13.2 Å². The second-order valence-corrected chi connectivity index (χ2v) is 12.4. The summed E-state index contributed by atoms with van der Waals surface area (Å²) in [6, 6.07) is 0. The van der Waals surface area contributed by atoms with Crippen molar-refractivity contribution >= 4 is 14.3 Å². The van der Waals surface area contributed by atoms with Crippen LogP contribution in [0.15, 0.2) is 0 Å². The van der Waals surface area contributed by atoms with Crippen molar-refractivity contribution in [1.82, 2.24) is 0 Å². The Morgan fingerprint density at radius 2 is 1.62 bits per heavy atom. The first-order valence-corrected chi connectivity index (χ1v) is 10.4. The molecule has 124 valence electrons. The van der Waals surface area contributed by atoms with Gasteiger partial charge in [-0.05, 0) is 32.0 Å². The Hall–Kier alpha value is -0.433. The van der Waals surface area contributed by atoms with Crippen molar-refractivity contribution in [2.24, 2.45) is 0 Å². The lowest BCUT2D eigenvalue weighted by molar-refractivity contribution is -0.159. The van der Waals surface area contributed by atoms with Gasteiger partial charge in [-0.1, -0.05) is 20.8 Å². The van der Waals surface area contributed by atoms with E-state index in [1.807, 2.05) is 13.8 Å². The molecule has 1 heterocycles. The maximum Gasteiger partial charge on any atom is 0.302 e. The molecule has 1 saturated heterocycles. The molecule has 0 aromatic heterocycles. The highest BCUT2D eigenvalue weighted by Crippen LogP contribution is 2.37. The number of rotatable bonds is 5. The van der Waals surface area contributed by atoms with E-state index >= 15 is 0 Å². The van der Waals surface area contributed by atoms with Gasteiger partial charge < -0.3 is 18.6 Å². The fraction of sp³-hybridized carbons (Fsp3) is 0.933. The number of carbonyl (C=O) groups is 1. The van der Waals surface area contributed by atoms with Gasteiger partial charge in [-0.15, -0.1) is 0 Å². The van der Waals surface area contributed by atoms with Crippen LogP contribution >= 0.6 is 0 Å². The first kappa shape index (κ1) is 18.6. The summed E-state index contributed by atoms with van der Waals surface area (Å²) in [5.74, 6) is -0.987. The number of ether oxygens (including phenoxy) is 3. The zero-order chi connectivity index (χ0) is 16.5. The molecule has 0 aromatic carbocycles. The molecule has 0 unspecified atom stereocenters. The summed E-state index contributed by atoms with van der Waals surface area (Å²) in [5.41, 5.74) is 0. The van der Waals surface area contributed by atoms with Gasteiger partial charge in [0.25, 0.3) is 0 Å². The predicted octanol–water partition coefficient (Wildman–Crippen LogP) is 3.09. The molecule has 0 saturated carbocycles. The maximum absolute atomic E-state index is 11.0. The molecule has 0 aliphatic carbocycles. The second kappa shape index (κ2) is 6.36. The average molecular weight is 318 g/mol. The summed E-state index contributed by atoms with van der Waals surface area (Å²) in [4.78, 5) is 11.0. The van der Waals surface area contributed by atoms with Crippen molar-refractivity contribution in [2.45, 2.75) is 77.7 Å². The summed E-state index contributed by atoms with van der Waals surface area (Å²) >= 11 is 0. The Bertz CT molecular complexity index is 373. The molecule has 0 amide bonds. The number of hydrogen-bond donors (Lipinski definition) is 0. The van der Waals surface area contributed by atoms with E-state index < -0.39 is 14.1 Å². The van der Waals surface area contributed by atoms with Gasteiger partial charge in [0.1, 0.15) is 18.8 Å². The minimum absolute atomic E-state index is 0.146. The lowest BCUT2D eigenvalue weighted by Crippen LogP contribution is -2.44. The Kier molecular flexibility index (Phi) is 5.64. The summed E-state index contributed by atoms with van der Waals surface area (Å²) in [6.45, 7) is 16.8. The lowest BCUT2D eigenvalue weighted by atomic mass is 10.2. The molecule has 5 nitrogen and oxygen atoms in total. The summed E-state index contributed by atoms with van der Waals surface area (Å²) in [6.07, 6.45) is -0.498. The van der Waals surface area contributed by atoms with E-state index in [4.69, 9.17) is 18.6 Å². The van der Waals surface area contributed by atoms with Gasteiger partial charge in [0.05, 0.1) is 6.61 Å². The van der Waals surface area contributed by atoms with Crippen LogP contribution in [0.1, 0.15) is 41.5 Å².